The number of hydrogen-bond donors (Lipinski definition) is 3. The van der Waals surface area contributed by atoms with Crippen LogP contribution < -0.4 is 11.1 Å². The van der Waals surface area contributed by atoms with Crippen LogP contribution in [0.25, 0.3) is 10.8 Å². The fourth-order valence-electron chi connectivity index (χ4n) is 3.61. The van der Waals surface area contributed by atoms with Gasteiger partial charge in [0, 0.05) is 17.2 Å². The standard InChI is InChI=1S/C24H19N3O4/c25-19-12-10-17(14-20(19)27(30)31)24(29)26-23(16-7-2-1-3-8-16)22-18-9-5-4-6-15(18)11-13-21(22)28/h1-14,23,28H,25H2,(H,26,29). The van der Waals surface area contributed by atoms with Gasteiger partial charge in [-0.3, -0.25) is 14.9 Å². The van der Waals surface area contributed by atoms with Gasteiger partial charge in [0.05, 0.1) is 11.0 Å². The molecule has 0 heterocycles. The second-order valence-corrected chi connectivity index (χ2v) is 7.07. The summed E-state index contributed by atoms with van der Waals surface area (Å²) in [6.07, 6.45) is 0. The van der Waals surface area contributed by atoms with Crippen molar-refractivity contribution in [3.8, 4) is 5.75 Å². The van der Waals surface area contributed by atoms with Crippen LogP contribution in [0.15, 0.2) is 84.9 Å². The topological polar surface area (TPSA) is 118 Å². The SMILES string of the molecule is Nc1ccc(C(=O)NC(c2ccccc2)c2c(O)ccc3ccccc23)cc1[N+](=O)[O-]. The van der Waals surface area contributed by atoms with Crippen LogP contribution >= 0.6 is 0 Å². The van der Waals surface area contributed by atoms with Crippen molar-refractivity contribution in [1.82, 2.24) is 5.32 Å². The number of benzene rings is 4. The van der Waals surface area contributed by atoms with Gasteiger partial charge in [0.15, 0.2) is 0 Å². The molecule has 0 radical (unpaired) electrons. The minimum Gasteiger partial charge on any atom is -0.508 e. The quantitative estimate of drug-likeness (QED) is 0.252. The fourth-order valence-corrected chi connectivity index (χ4v) is 3.61. The number of hydrogen-bond acceptors (Lipinski definition) is 5. The fraction of sp³-hybridized carbons (Fsp3) is 0.0417. The number of phenols is 1. The Hall–Kier alpha value is -4.39. The van der Waals surface area contributed by atoms with Gasteiger partial charge in [-0.05, 0) is 34.5 Å². The number of nitrogens with one attached hydrogen (secondary N) is 1. The monoisotopic (exact) mass is 413 g/mol. The Morgan fingerprint density at radius 3 is 2.42 bits per heavy atom. The van der Waals surface area contributed by atoms with Crippen molar-refractivity contribution in [3.63, 3.8) is 0 Å². The molecule has 0 fully saturated rings. The van der Waals surface area contributed by atoms with E-state index in [1.165, 1.54) is 12.1 Å². The molecule has 4 aromatic rings. The van der Waals surface area contributed by atoms with Crippen LogP contribution in [-0.4, -0.2) is 15.9 Å². The zero-order valence-corrected chi connectivity index (χ0v) is 16.4. The summed E-state index contributed by atoms with van der Waals surface area (Å²) in [6.45, 7) is 0. The molecule has 0 spiro atoms. The molecule has 0 aliphatic carbocycles. The van der Waals surface area contributed by atoms with Gasteiger partial charge in [0.2, 0.25) is 0 Å². The van der Waals surface area contributed by atoms with E-state index in [1.807, 2.05) is 54.6 Å². The summed E-state index contributed by atoms with van der Waals surface area (Å²) < 4.78 is 0. The molecule has 0 aliphatic rings. The molecule has 0 aliphatic heterocycles. The summed E-state index contributed by atoms with van der Waals surface area (Å²) in [5.41, 5.74) is 6.69. The first-order valence-electron chi connectivity index (χ1n) is 9.56. The Balaban J connectivity index is 1.82. The lowest BCUT2D eigenvalue weighted by molar-refractivity contribution is -0.383. The van der Waals surface area contributed by atoms with Gasteiger partial charge in [0.25, 0.3) is 11.6 Å². The van der Waals surface area contributed by atoms with Crippen LogP contribution in [0.2, 0.25) is 0 Å². The van der Waals surface area contributed by atoms with Crippen molar-refractivity contribution in [2.75, 3.05) is 5.73 Å². The highest BCUT2D eigenvalue weighted by atomic mass is 16.6. The number of fused-ring (bicyclic) bond motifs is 1. The molecule has 0 aromatic heterocycles. The molecule has 1 amide bonds. The molecule has 7 heteroatoms. The molecule has 154 valence electrons. The predicted molar refractivity (Wildman–Crippen MR) is 119 cm³/mol. The highest BCUT2D eigenvalue weighted by molar-refractivity contribution is 5.97. The molecule has 31 heavy (non-hydrogen) atoms. The highest BCUT2D eigenvalue weighted by Crippen LogP contribution is 2.36. The maximum atomic E-state index is 13.1. The number of nitro benzene ring substituents is 1. The van der Waals surface area contributed by atoms with Crippen molar-refractivity contribution >= 4 is 28.1 Å². The molecule has 0 saturated carbocycles. The van der Waals surface area contributed by atoms with Crippen LogP contribution in [0, 0.1) is 10.1 Å². The predicted octanol–water partition coefficient (Wildman–Crippen LogP) is 4.56. The van der Waals surface area contributed by atoms with E-state index >= 15 is 0 Å². The number of nitrogen functional groups attached to an aromatic ring is 1. The first-order chi connectivity index (χ1) is 15.0. The van der Waals surface area contributed by atoms with E-state index < -0.39 is 16.9 Å². The van der Waals surface area contributed by atoms with Crippen LogP contribution in [0.4, 0.5) is 11.4 Å². The average Bonchev–Trinajstić information content (AvgIpc) is 2.78. The van der Waals surface area contributed by atoms with E-state index in [1.54, 1.807) is 12.1 Å². The molecule has 0 bridgehead atoms. The summed E-state index contributed by atoms with van der Waals surface area (Å²) in [6, 6.07) is 23.4. The lowest BCUT2D eigenvalue weighted by Gasteiger charge is -2.22. The van der Waals surface area contributed by atoms with Crippen LogP contribution in [-0.2, 0) is 0 Å². The molecule has 7 nitrogen and oxygen atoms in total. The number of carbonyl (C=O) groups is 1. The number of anilines is 1. The van der Waals surface area contributed by atoms with Crippen LogP contribution in [0.1, 0.15) is 27.5 Å². The van der Waals surface area contributed by atoms with E-state index in [4.69, 9.17) is 5.73 Å². The second kappa shape index (κ2) is 8.16. The Morgan fingerprint density at radius 2 is 1.68 bits per heavy atom. The molecular weight excluding hydrogens is 394 g/mol. The molecule has 4 N–H and O–H groups in total. The second-order valence-electron chi connectivity index (χ2n) is 7.07. The van der Waals surface area contributed by atoms with Crippen molar-refractivity contribution in [2.45, 2.75) is 6.04 Å². The lowest BCUT2D eigenvalue weighted by Crippen LogP contribution is -2.29. The van der Waals surface area contributed by atoms with Gasteiger partial charge < -0.3 is 16.2 Å². The summed E-state index contributed by atoms with van der Waals surface area (Å²) >= 11 is 0. The third-order valence-electron chi connectivity index (χ3n) is 5.13. The molecule has 4 rings (SSSR count). The Labute approximate surface area is 177 Å². The molecule has 1 unspecified atom stereocenters. The van der Waals surface area contributed by atoms with Gasteiger partial charge >= 0.3 is 0 Å². The van der Waals surface area contributed by atoms with Gasteiger partial charge in [-0.15, -0.1) is 0 Å². The van der Waals surface area contributed by atoms with Crippen molar-refractivity contribution in [3.05, 3.63) is 112 Å². The van der Waals surface area contributed by atoms with E-state index in [0.29, 0.717) is 5.56 Å². The number of phenolic OH excluding ortho intramolecular Hbond substituents is 1. The number of aromatic hydroxyl groups is 1. The normalized spacial score (nSPS) is 11.7. The third-order valence-corrected chi connectivity index (χ3v) is 5.13. The minimum atomic E-state index is -0.684. The molecule has 1 atom stereocenters. The van der Waals surface area contributed by atoms with Crippen molar-refractivity contribution in [1.29, 1.82) is 0 Å². The lowest BCUT2D eigenvalue weighted by atomic mass is 9.92. The summed E-state index contributed by atoms with van der Waals surface area (Å²) in [4.78, 5) is 23.7. The zero-order chi connectivity index (χ0) is 22.0. The number of nitrogens with zero attached hydrogens (tertiary/aromatic N) is 1. The Morgan fingerprint density at radius 1 is 0.968 bits per heavy atom. The Kier molecular flexibility index (Phi) is 5.24. The molecule has 0 saturated heterocycles. The molecule has 4 aromatic carbocycles. The largest absolute Gasteiger partial charge is 0.508 e. The number of carbonyl (C=O) groups excluding carboxylic acids is 1. The smallest absolute Gasteiger partial charge is 0.292 e. The number of nitro groups is 1. The number of rotatable bonds is 5. The van der Waals surface area contributed by atoms with E-state index in [2.05, 4.69) is 5.32 Å². The zero-order valence-electron chi connectivity index (χ0n) is 16.4. The van der Waals surface area contributed by atoms with E-state index in [-0.39, 0.29) is 22.7 Å². The first kappa shape index (κ1) is 19.9. The van der Waals surface area contributed by atoms with Gasteiger partial charge in [-0.25, -0.2) is 0 Å². The molecular formula is C24H19N3O4. The van der Waals surface area contributed by atoms with Gasteiger partial charge in [0.1, 0.15) is 11.4 Å². The maximum absolute atomic E-state index is 13.1. The van der Waals surface area contributed by atoms with Crippen molar-refractivity contribution in [2.24, 2.45) is 0 Å². The van der Waals surface area contributed by atoms with E-state index in [9.17, 15) is 20.0 Å². The number of nitrogens with two attached hydrogens (primary N) is 1. The highest BCUT2D eigenvalue weighted by Gasteiger charge is 2.24. The van der Waals surface area contributed by atoms with Crippen LogP contribution in [0.3, 0.4) is 0 Å². The van der Waals surface area contributed by atoms with Gasteiger partial charge in [-0.2, -0.15) is 0 Å². The van der Waals surface area contributed by atoms with Crippen LogP contribution in [0.5, 0.6) is 5.75 Å². The van der Waals surface area contributed by atoms with Crippen molar-refractivity contribution < 1.29 is 14.8 Å². The number of amides is 1. The summed E-state index contributed by atoms with van der Waals surface area (Å²) in [5.74, 6) is -0.486. The summed E-state index contributed by atoms with van der Waals surface area (Å²) in [5, 5.41) is 26.6. The average molecular weight is 413 g/mol. The Bertz CT molecular complexity index is 1290. The minimum absolute atomic E-state index is 0.0205. The summed E-state index contributed by atoms with van der Waals surface area (Å²) in [7, 11) is 0. The maximum Gasteiger partial charge on any atom is 0.292 e. The first-order valence-corrected chi connectivity index (χ1v) is 9.56. The third kappa shape index (κ3) is 3.89. The van der Waals surface area contributed by atoms with E-state index in [0.717, 1.165) is 22.4 Å². The van der Waals surface area contributed by atoms with Gasteiger partial charge in [-0.1, -0.05) is 60.7 Å².